The summed E-state index contributed by atoms with van der Waals surface area (Å²) in [6, 6.07) is 7.91. The van der Waals surface area contributed by atoms with Crippen molar-refractivity contribution < 1.29 is 23.8 Å². The molecule has 1 fully saturated rings. The minimum absolute atomic E-state index is 0.247. The number of rotatable bonds is 5. The first-order valence-corrected chi connectivity index (χ1v) is 7.62. The average Bonchev–Trinajstić information content (AvgIpc) is 2.54. The van der Waals surface area contributed by atoms with Gasteiger partial charge in [0, 0.05) is 18.4 Å². The Balaban J connectivity index is 2.09. The molecule has 1 aliphatic rings. The van der Waals surface area contributed by atoms with Crippen LogP contribution in [0.1, 0.15) is 30.9 Å². The number of ether oxygens (including phenoxy) is 3. The summed E-state index contributed by atoms with van der Waals surface area (Å²) in [5.41, 5.74) is 1.60. The molecule has 0 radical (unpaired) electrons. The summed E-state index contributed by atoms with van der Waals surface area (Å²) in [4.78, 5) is 23.5. The van der Waals surface area contributed by atoms with E-state index in [0.717, 1.165) is 11.1 Å². The van der Waals surface area contributed by atoms with E-state index in [4.69, 9.17) is 14.2 Å². The van der Waals surface area contributed by atoms with Gasteiger partial charge in [0.1, 0.15) is 5.60 Å². The van der Waals surface area contributed by atoms with Crippen molar-refractivity contribution in [2.75, 3.05) is 19.8 Å². The van der Waals surface area contributed by atoms with E-state index < -0.39 is 24.1 Å². The fourth-order valence-corrected chi connectivity index (χ4v) is 2.50. The van der Waals surface area contributed by atoms with Crippen LogP contribution in [0.3, 0.4) is 0 Å². The van der Waals surface area contributed by atoms with E-state index >= 15 is 0 Å². The predicted octanol–water partition coefficient (Wildman–Crippen LogP) is 2.66. The number of aryl methyl sites for hydroxylation is 1. The molecule has 0 amide bonds. The molecule has 1 aliphatic heterocycles. The van der Waals surface area contributed by atoms with E-state index in [1.807, 2.05) is 31.2 Å². The lowest BCUT2D eigenvalue weighted by atomic mass is 9.85. The molecule has 0 aromatic heterocycles. The Kier molecular flexibility index (Phi) is 5.55. The number of carbonyl (C=O) groups is 2. The zero-order valence-electron chi connectivity index (χ0n) is 13.6. The maximum Gasteiger partial charge on any atom is 0.345 e. The van der Waals surface area contributed by atoms with Crippen LogP contribution in [0.2, 0.25) is 0 Å². The van der Waals surface area contributed by atoms with Crippen molar-refractivity contribution in [1.29, 1.82) is 0 Å². The molecule has 1 saturated heterocycles. The SMILES string of the molecule is C=C(C)C(=O)OCC(=O)OC1(c2ccc(C)cc2)CCOCC1. The Bertz CT molecular complexity index is 582. The minimum atomic E-state index is -0.724. The normalized spacial score (nSPS) is 16.4. The van der Waals surface area contributed by atoms with Gasteiger partial charge in [-0.15, -0.1) is 0 Å². The van der Waals surface area contributed by atoms with Crippen LogP contribution in [0, 0.1) is 6.92 Å². The van der Waals surface area contributed by atoms with Crippen molar-refractivity contribution in [3.63, 3.8) is 0 Å². The fraction of sp³-hybridized carbons (Fsp3) is 0.444. The van der Waals surface area contributed by atoms with Crippen LogP contribution in [0.15, 0.2) is 36.4 Å². The highest BCUT2D eigenvalue weighted by Crippen LogP contribution is 2.36. The largest absolute Gasteiger partial charge is 0.451 e. The van der Waals surface area contributed by atoms with E-state index in [1.54, 1.807) is 0 Å². The molecular weight excluding hydrogens is 296 g/mol. The van der Waals surface area contributed by atoms with Gasteiger partial charge in [0.2, 0.25) is 0 Å². The molecule has 1 heterocycles. The smallest absolute Gasteiger partial charge is 0.345 e. The number of hydrogen-bond acceptors (Lipinski definition) is 5. The highest BCUT2D eigenvalue weighted by molar-refractivity contribution is 5.88. The van der Waals surface area contributed by atoms with Crippen LogP contribution in [0.25, 0.3) is 0 Å². The van der Waals surface area contributed by atoms with E-state index in [1.165, 1.54) is 6.92 Å². The van der Waals surface area contributed by atoms with Crippen molar-refractivity contribution in [3.05, 3.63) is 47.5 Å². The van der Waals surface area contributed by atoms with Crippen molar-refractivity contribution >= 4 is 11.9 Å². The molecule has 5 nitrogen and oxygen atoms in total. The van der Waals surface area contributed by atoms with E-state index in [9.17, 15) is 9.59 Å². The number of hydrogen-bond donors (Lipinski definition) is 0. The molecule has 23 heavy (non-hydrogen) atoms. The summed E-state index contributed by atoms with van der Waals surface area (Å²) in [5.74, 6) is -1.17. The van der Waals surface area contributed by atoms with Gasteiger partial charge in [0.25, 0.3) is 0 Å². The molecule has 0 aliphatic carbocycles. The Morgan fingerprint density at radius 2 is 1.83 bits per heavy atom. The van der Waals surface area contributed by atoms with Gasteiger partial charge < -0.3 is 14.2 Å². The Morgan fingerprint density at radius 1 is 1.22 bits per heavy atom. The summed E-state index contributed by atoms with van der Waals surface area (Å²) >= 11 is 0. The number of benzene rings is 1. The summed E-state index contributed by atoms with van der Waals surface area (Å²) in [6.07, 6.45) is 1.16. The van der Waals surface area contributed by atoms with Gasteiger partial charge in [-0.25, -0.2) is 9.59 Å². The molecule has 1 aromatic rings. The lowest BCUT2D eigenvalue weighted by Gasteiger charge is -2.37. The summed E-state index contributed by atoms with van der Waals surface area (Å²) in [6.45, 7) is 7.63. The molecule has 0 N–H and O–H groups in total. The van der Waals surface area contributed by atoms with Crippen molar-refractivity contribution in [2.24, 2.45) is 0 Å². The van der Waals surface area contributed by atoms with Gasteiger partial charge in [0.05, 0.1) is 13.2 Å². The zero-order valence-corrected chi connectivity index (χ0v) is 13.6. The monoisotopic (exact) mass is 318 g/mol. The van der Waals surface area contributed by atoms with E-state index in [-0.39, 0.29) is 5.57 Å². The Hall–Kier alpha value is -2.14. The second kappa shape index (κ2) is 7.42. The molecule has 2 rings (SSSR count). The second-order valence-corrected chi connectivity index (χ2v) is 5.80. The fourth-order valence-electron chi connectivity index (χ4n) is 2.50. The van der Waals surface area contributed by atoms with Crippen LogP contribution in [-0.4, -0.2) is 31.8 Å². The summed E-state index contributed by atoms with van der Waals surface area (Å²) in [7, 11) is 0. The average molecular weight is 318 g/mol. The van der Waals surface area contributed by atoms with E-state index in [2.05, 4.69) is 6.58 Å². The lowest BCUT2D eigenvalue weighted by Crippen LogP contribution is -2.39. The van der Waals surface area contributed by atoms with Crippen molar-refractivity contribution in [1.82, 2.24) is 0 Å². The quantitative estimate of drug-likeness (QED) is 0.617. The first-order chi connectivity index (χ1) is 10.9. The van der Waals surface area contributed by atoms with Gasteiger partial charge in [-0.1, -0.05) is 36.4 Å². The topological polar surface area (TPSA) is 61.8 Å². The van der Waals surface area contributed by atoms with Crippen molar-refractivity contribution in [2.45, 2.75) is 32.3 Å². The lowest BCUT2D eigenvalue weighted by molar-refractivity contribution is -0.178. The van der Waals surface area contributed by atoms with Gasteiger partial charge in [-0.05, 0) is 19.4 Å². The minimum Gasteiger partial charge on any atom is -0.451 e. The third-order valence-corrected chi connectivity index (χ3v) is 3.86. The van der Waals surface area contributed by atoms with Gasteiger partial charge in [-0.3, -0.25) is 0 Å². The molecular formula is C18H22O5. The predicted molar refractivity (Wildman–Crippen MR) is 84.8 cm³/mol. The maximum absolute atomic E-state index is 12.1. The van der Waals surface area contributed by atoms with Crippen LogP contribution in [-0.2, 0) is 29.4 Å². The summed E-state index contributed by atoms with van der Waals surface area (Å²) in [5, 5.41) is 0. The Morgan fingerprint density at radius 3 is 2.39 bits per heavy atom. The van der Waals surface area contributed by atoms with Crippen molar-refractivity contribution in [3.8, 4) is 0 Å². The zero-order chi connectivity index (χ0) is 16.9. The molecule has 1 aromatic carbocycles. The summed E-state index contributed by atoms with van der Waals surface area (Å²) < 4.78 is 16.0. The molecule has 124 valence electrons. The maximum atomic E-state index is 12.1. The molecule has 5 heteroatoms. The molecule has 0 atom stereocenters. The van der Waals surface area contributed by atoms with Crippen LogP contribution >= 0.6 is 0 Å². The first kappa shape index (κ1) is 17.2. The highest BCUT2D eigenvalue weighted by Gasteiger charge is 2.38. The third kappa shape index (κ3) is 4.42. The molecule has 0 bridgehead atoms. The third-order valence-electron chi connectivity index (χ3n) is 3.86. The van der Waals surface area contributed by atoms with Gasteiger partial charge in [0.15, 0.2) is 6.61 Å². The number of esters is 2. The standard InChI is InChI=1S/C18H22O5/c1-13(2)17(20)22-12-16(19)23-18(8-10-21-11-9-18)15-6-4-14(3)5-7-15/h4-7H,1,8-12H2,2-3H3. The van der Waals surface area contributed by atoms with Gasteiger partial charge >= 0.3 is 11.9 Å². The molecule has 0 spiro atoms. The van der Waals surface area contributed by atoms with E-state index in [0.29, 0.717) is 26.1 Å². The van der Waals surface area contributed by atoms with Crippen LogP contribution in [0.4, 0.5) is 0 Å². The van der Waals surface area contributed by atoms with Crippen LogP contribution in [0.5, 0.6) is 0 Å². The molecule has 0 unspecified atom stereocenters. The van der Waals surface area contributed by atoms with Crippen LogP contribution < -0.4 is 0 Å². The number of carbonyl (C=O) groups excluding carboxylic acids is 2. The Labute approximate surface area is 136 Å². The highest BCUT2D eigenvalue weighted by atomic mass is 16.6. The second-order valence-electron chi connectivity index (χ2n) is 5.80. The first-order valence-electron chi connectivity index (χ1n) is 7.62. The molecule has 0 saturated carbocycles. The van der Waals surface area contributed by atoms with Gasteiger partial charge in [-0.2, -0.15) is 0 Å².